The molecule has 0 spiro atoms. The van der Waals surface area contributed by atoms with Crippen molar-refractivity contribution in [3.05, 3.63) is 75.4 Å². The van der Waals surface area contributed by atoms with Gasteiger partial charge in [0.2, 0.25) is 0 Å². The maximum absolute atomic E-state index is 13.3. The predicted octanol–water partition coefficient (Wildman–Crippen LogP) is 5.14. The number of aryl methyl sites for hydroxylation is 3. The molecule has 0 aliphatic heterocycles. The SMILES string of the molecule is Cc1ccc(C)c(NC(=O)c2c(NC(=O)c3cccnc3)sc3c2CCCC3)c1. The topological polar surface area (TPSA) is 71.1 Å². The average molecular weight is 406 g/mol. The van der Waals surface area contributed by atoms with Crippen LogP contribution in [0.25, 0.3) is 0 Å². The summed E-state index contributed by atoms with van der Waals surface area (Å²) in [5.41, 5.74) is 5.04. The van der Waals surface area contributed by atoms with Crippen LogP contribution in [0.15, 0.2) is 42.7 Å². The van der Waals surface area contributed by atoms with Crippen molar-refractivity contribution < 1.29 is 9.59 Å². The number of rotatable bonds is 4. The lowest BCUT2D eigenvalue weighted by Crippen LogP contribution is -2.19. The van der Waals surface area contributed by atoms with E-state index in [0.717, 1.165) is 48.1 Å². The molecular formula is C23H23N3O2S. The maximum atomic E-state index is 13.3. The zero-order valence-electron chi connectivity index (χ0n) is 16.5. The normalized spacial score (nSPS) is 12.9. The molecule has 29 heavy (non-hydrogen) atoms. The Labute approximate surface area is 174 Å². The monoisotopic (exact) mass is 405 g/mol. The molecule has 6 heteroatoms. The Kier molecular flexibility index (Phi) is 5.45. The van der Waals surface area contributed by atoms with Gasteiger partial charge >= 0.3 is 0 Å². The summed E-state index contributed by atoms with van der Waals surface area (Å²) in [6.45, 7) is 3.98. The standard InChI is InChI=1S/C23H23N3O2S/c1-14-9-10-15(2)18(12-14)25-22(28)20-17-7-3-4-8-19(17)29-23(20)26-21(27)16-6-5-11-24-13-16/h5-6,9-13H,3-4,7-8H2,1-2H3,(H,25,28)(H,26,27). The van der Waals surface area contributed by atoms with Crippen molar-refractivity contribution in [3.63, 3.8) is 0 Å². The number of carbonyl (C=O) groups is 2. The Bertz CT molecular complexity index is 1070. The fraction of sp³-hybridized carbons (Fsp3) is 0.261. The largest absolute Gasteiger partial charge is 0.322 e. The highest BCUT2D eigenvalue weighted by atomic mass is 32.1. The molecule has 0 saturated heterocycles. The molecule has 1 aliphatic rings. The number of anilines is 2. The van der Waals surface area contributed by atoms with Gasteiger partial charge in [-0.15, -0.1) is 11.3 Å². The molecule has 1 aliphatic carbocycles. The first-order valence-electron chi connectivity index (χ1n) is 9.77. The number of thiophene rings is 1. The van der Waals surface area contributed by atoms with E-state index in [0.29, 0.717) is 16.1 Å². The molecule has 0 fully saturated rings. The summed E-state index contributed by atoms with van der Waals surface area (Å²) in [7, 11) is 0. The predicted molar refractivity (Wildman–Crippen MR) is 117 cm³/mol. The van der Waals surface area contributed by atoms with E-state index >= 15 is 0 Å². The number of pyridine rings is 1. The molecule has 0 bridgehead atoms. The Hall–Kier alpha value is -2.99. The van der Waals surface area contributed by atoms with Gasteiger partial charge in [0, 0.05) is 23.0 Å². The summed E-state index contributed by atoms with van der Waals surface area (Å²) in [5.74, 6) is -0.419. The highest BCUT2D eigenvalue weighted by Crippen LogP contribution is 2.39. The molecule has 4 rings (SSSR count). The minimum absolute atomic E-state index is 0.167. The van der Waals surface area contributed by atoms with Crippen LogP contribution in [0.2, 0.25) is 0 Å². The van der Waals surface area contributed by atoms with Crippen molar-refractivity contribution in [3.8, 4) is 0 Å². The highest BCUT2D eigenvalue weighted by molar-refractivity contribution is 7.17. The number of nitrogens with zero attached hydrogens (tertiary/aromatic N) is 1. The molecule has 0 radical (unpaired) electrons. The molecule has 0 saturated carbocycles. The third-order valence-corrected chi connectivity index (χ3v) is 6.40. The van der Waals surface area contributed by atoms with Crippen LogP contribution in [0.1, 0.15) is 55.1 Å². The van der Waals surface area contributed by atoms with Crippen LogP contribution in [-0.4, -0.2) is 16.8 Å². The average Bonchev–Trinajstić information content (AvgIpc) is 3.09. The molecule has 148 valence electrons. The number of carbonyl (C=O) groups excluding carboxylic acids is 2. The summed E-state index contributed by atoms with van der Waals surface area (Å²) in [5, 5.41) is 6.64. The number of fused-ring (bicyclic) bond motifs is 1. The number of amides is 2. The van der Waals surface area contributed by atoms with Crippen LogP contribution >= 0.6 is 11.3 Å². The van der Waals surface area contributed by atoms with Gasteiger partial charge in [0.25, 0.3) is 11.8 Å². The molecule has 5 nitrogen and oxygen atoms in total. The van der Waals surface area contributed by atoms with Gasteiger partial charge in [-0.05, 0) is 74.4 Å². The van der Waals surface area contributed by atoms with Gasteiger partial charge in [-0.1, -0.05) is 12.1 Å². The fourth-order valence-electron chi connectivity index (χ4n) is 3.62. The van der Waals surface area contributed by atoms with Crippen LogP contribution in [0, 0.1) is 13.8 Å². The van der Waals surface area contributed by atoms with Gasteiger partial charge < -0.3 is 10.6 Å². The number of benzene rings is 1. The molecule has 2 aromatic heterocycles. The second-order valence-electron chi connectivity index (χ2n) is 7.38. The zero-order valence-corrected chi connectivity index (χ0v) is 17.4. The van der Waals surface area contributed by atoms with E-state index in [-0.39, 0.29) is 11.8 Å². The molecule has 3 aromatic rings. The van der Waals surface area contributed by atoms with Crippen molar-refractivity contribution in [1.82, 2.24) is 4.98 Å². The first-order chi connectivity index (χ1) is 14.0. The van der Waals surface area contributed by atoms with Gasteiger partial charge in [-0.2, -0.15) is 0 Å². The van der Waals surface area contributed by atoms with Gasteiger partial charge in [0.15, 0.2) is 0 Å². The number of hydrogen-bond acceptors (Lipinski definition) is 4. The van der Waals surface area contributed by atoms with E-state index in [1.807, 2.05) is 32.0 Å². The molecule has 2 heterocycles. The fourth-order valence-corrected chi connectivity index (χ4v) is 4.90. The lowest BCUT2D eigenvalue weighted by atomic mass is 9.95. The summed E-state index contributed by atoms with van der Waals surface area (Å²) in [6, 6.07) is 9.43. The minimum atomic E-state index is -0.252. The van der Waals surface area contributed by atoms with E-state index in [4.69, 9.17) is 0 Å². The van der Waals surface area contributed by atoms with Crippen molar-refractivity contribution in [1.29, 1.82) is 0 Å². The van der Waals surface area contributed by atoms with Crippen molar-refractivity contribution >= 4 is 33.8 Å². The lowest BCUT2D eigenvalue weighted by molar-refractivity contribution is 0.102. The zero-order chi connectivity index (χ0) is 20.4. The van der Waals surface area contributed by atoms with Gasteiger partial charge in [-0.3, -0.25) is 14.6 Å². The van der Waals surface area contributed by atoms with Gasteiger partial charge in [-0.25, -0.2) is 0 Å². The Morgan fingerprint density at radius 1 is 1.03 bits per heavy atom. The van der Waals surface area contributed by atoms with Crippen molar-refractivity contribution in [2.24, 2.45) is 0 Å². The van der Waals surface area contributed by atoms with E-state index in [1.165, 1.54) is 22.4 Å². The summed E-state index contributed by atoms with van der Waals surface area (Å²) < 4.78 is 0. The van der Waals surface area contributed by atoms with Crippen LogP contribution in [-0.2, 0) is 12.8 Å². The van der Waals surface area contributed by atoms with Crippen molar-refractivity contribution in [2.75, 3.05) is 10.6 Å². The number of aromatic nitrogens is 1. The molecule has 0 atom stereocenters. The van der Waals surface area contributed by atoms with Gasteiger partial charge in [0.05, 0.1) is 11.1 Å². The molecule has 1 aromatic carbocycles. The third-order valence-electron chi connectivity index (χ3n) is 5.19. The van der Waals surface area contributed by atoms with E-state index < -0.39 is 0 Å². The van der Waals surface area contributed by atoms with E-state index in [1.54, 1.807) is 18.3 Å². The second kappa shape index (κ2) is 8.17. The summed E-state index contributed by atoms with van der Waals surface area (Å²) in [6.07, 6.45) is 7.14. The Morgan fingerprint density at radius 3 is 2.66 bits per heavy atom. The van der Waals surface area contributed by atoms with Crippen LogP contribution in [0.3, 0.4) is 0 Å². The van der Waals surface area contributed by atoms with Crippen LogP contribution in [0.4, 0.5) is 10.7 Å². The molecule has 2 N–H and O–H groups in total. The van der Waals surface area contributed by atoms with Crippen molar-refractivity contribution in [2.45, 2.75) is 39.5 Å². The first kappa shape index (κ1) is 19.3. The second-order valence-corrected chi connectivity index (χ2v) is 8.49. The molecule has 2 amide bonds. The number of hydrogen-bond donors (Lipinski definition) is 2. The Morgan fingerprint density at radius 2 is 1.86 bits per heavy atom. The van der Waals surface area contributed by atoms with E-state index in [2.05, 4.69) is 15.6 Å². The smallest absolute Gasteiger partial charge is 0.258 e. The summed E-state index contributed by atoms with van der Waals surface area (Å²) in [4.78, 5) is 31.2. The first-order valence-corrected chi connectivity index (χ1v) is 10.6. The Balaban J connectivity index is 1.68. The molecular weight excluding hydrogens is 382 g/mol. The third kappa shape index (κ3) is 4.07. The minimum Gasteiger partial charge on any atom is -0.322 e. The van der Waals surface area contributed by atoms with Crippen LogP contribution < -0.4 is 10.6 Å². The maximum Gasteiger partial charge on any atom is 0.258 e. The quantitative estimate of drug-likeness (QED) is 0.631. The van der Waals surface area contributed by atoms with Gasteiger partial charge in [0.1, 0.15) is 5.00 Å². The number of nitrogens with one attached hydrogen (secondary N) is 2. The highest BCUT2D eigenvalue weighted by Gasteiger charge is 2.27. The lowest BCUT2D eigenvalue weighted by Gasteiger charge is -2.14. The molecule has 0 unspecified atom stereocenters. The van der Waals surface area contributed by atoms with E-state index in [9.17, 15) is 9.59 Å². The van der Waals surface area contributed by atoms with Crippen LogP contribution in [0.5, 0.6) is 0 Å². The summed E-state index contributed by atoms with van der Waals surface area (Å²) >= 11 is 1.52.